The predicted molar refractivity (Wildman–Crippen MR) is 97.0 cm³/mol. The molecule has 0 bridgehead atoms. The van der Waals surface area contributed by atoms with Crippen molar-refractivity contribution in [3.63, 3.8) is 0 Å². The average Bonchev–Trinajstić information content (AvgIpc) is 3.38. The number of carbonyl (C=O) groups is 2. The lowest BCUT2D eigenvalue weighted by atomic mass is 10.1. The number of anilines is 1. The molecule has 1 N–H and O–H groups in total. The van der Waals surface area contributed by atoms with Gasteiger partial charge in [-0.25, -0.2) is 4.79 Å². The van der Waals surface area contributed by atoms with Crippen LogP contribution in [0.2, 0.25) is 0 Å². The molecule has 0 aliphatic rings. The van der Waals surface area contributed by atoms with Crippen molar-refractivity contribution in [3.8, 4) is 0 Å². The van der Waals surface area contributed by atoms with E-state index in [-0.39, 0.29) is 12.3 Å². The standard InChI is InChI=1S/C18H13F3N4O6/c19-18(20,21)13-8-11(25(28)29)2-4-14(13)23-16(26)10-30-17(27)15-5-3-12(31-15)9-24-7-1-6-22-24/h1-8H,9-10H2,(H,23,26). The topological polar surface area (TPSA) is 130 Å². The Morgan fingerprint density at radius 1 is 1.26 bits per heavy atom. The summed E-state index contributed by atoms with van der Waals surface area (Å²) in [5, 5.41) is 16.6. The van der Waals surface area contributed by atoms with Crippen LogP contribution >= 0.6 is 0 Å². The summed E-state index contributed by atoms with van der Waals surface area (Å²) in [6.45, 7) is -0.649. The molecular weight excluding hydrogens is 425 g/mol. The molecule has 0 fully saturated rings. The molecule has 0 aliphatic heterocycles. The third-order valence-electron chi connectivity index (χ3n) is 3.87. The molecule has 1 aromatic carbocycles. The summed E-state index contributed by atoms with van der Waals surface area (Å²) in [7, 11) is 0. The highest BCUT2D eigenvalue weighted by Gasteiger charge is 2.35. The number of alkyl halides is 3. The fraction of sp³-hybridized carbons (Fsp3) is 0.167. The van der Waals surface area contributed by atoms with Gasteiger partial charge < -0.3 is 14.5 Å². The van der Waals surface area contributed by atoms with Gasteiger partial charge in [0.2, 0.25) is 5.76 Å². The Balaban J connectivity index is 1.61. The fourth-order valence-corrected chi connectivity index (χ4v) is 2.50. The maximum absolute atomic E-state index is 13.1. The molecule has 13 heteroatoms. The molecule has 0 unspecified atom stereocenters. The average molecular weight is 438 g/mol. The number of hydrogen-bond acceptors (Lipinski definition) is 7. The van der Waals surface area contributed by atoms with Crippen LogP contribution in [0.25, 0.3) is 0 Å². The fourth-order valence-electron chi connectivity index (χ4n) is 2.50. The van der Waals surface area contributed by atoms with Crippen molar-refractivity contribution < 1.29 is 36.8 Å². The minimum Gasteiger partial charge on any atom is -0.452 e. The number of halogens is 3. The van der Waals surface area contributed by atoms with Crippen LogP contribution in [0.5, 0.6) is 0 Å². The largest absolute Gasteiger partial charge is 0.452 e. The number of rotatable bonds is 7. The van der Waals surface area contributed by atoms with Crippen LogP contribution < -0.4 is 5.32 Å². The molecule has 31 heavy (non-hydrogen) atoms. The van der Waals surface area contributed by atoms with E-state index >= 15 is 0 Å². The van der Waals surface area contributed by atoms with E-state index in [1.165, 1.54) is 12.1 Å². The van der Waals surface area contributed by atoms with Crippen LogP contribution in [0.1, 0.15) is 21.9 Å². The summed E-state index contributed by atoms with van der Waals surface area (Å²) in [6.07, 6.45) is -1.71. The van der Waals surface area contributed by atoms with Gasteiger partial charge in [0.25, 0.3) is 11.6 Å². The Morgan fingerprint density at radius 2 is 2.03 bits per heavy atom. The molecule has 162 valence electrons. The second-order valence-corrected chi connectivity index (χ2v) is 6.08. The van der Waals surface area contributed by atoms with Crippen molar-refractivity contribution >= 4 is 23.3 Å². The van der Waals surface area contributed by atoms with Crippen molar-refractivity contribution in [1.29, 1.82) is 0 Å². The van der Waals surface area contributed by atoms with E-state index < -0.39 is 46.5 Å². The number of ether oxygens (including phenoxy) is 1. The quantitative estimate of drug-likeness (QED) is 0.340. The third-order valence-corrected chi connectivity index (χ3v) is 3.87. The maximum atomic E-state index is 13.1. The summed E-state index contributed by atoms with van der Waals surface area (Å²) in [5.74, 6) is -1.89. The van der Waals surface area contributed by atoms with E-state index in [2.05, 4.69) is 5.10 Å². The van der Waals surface area contributed by atoms with Crippen LogP contribution in [0.15, 0.2) is 53.2 Å². The van der Waals surface area contributed by atoms with Crippen LogP contribution in [0.4, 0.5) is 24.5 Å². The minimum atomic E-state index is -4.95. The molecule has 0 atom stereocenters. The zero-order valence-electron chi connectivity index (χ0n) is 15.5. The second-order valence-electron chi connectivity index (χ2n) is 6.08. The molecule has 2 aromatic heterocycles. The zero-order chi connectivity index (χ0) is 22.6. The number of hydrogen-bond donors (Lipinski definition) is 1. The Kier molecular flexibility index (Phi) is 6.04. The summed E-state index contributed by atoms with van der Waals surface area (Å²) in [4.78, 5) is 33.6. The van der Waals surface area contributed by atoms with Crippen LogP contribution in [-0.4, -0.2) is 33.2 Å². The Hall–Kier alpha value is -4.16. The number of nitrogens with one attached hydrogen (secondary N) is 1. The first-order chi connectivity index (χ1) is 14.6. The Morgan fingerprint density at radius 3 is 2.68 bits per heavy atom. The monoisotopic (exact) mass is 438 g/mol. The zero-order valence-corrected chi connectivity index (χ0v) is 15.5. The minimum absolute atomic E-state index is 0.207. The Bertz CT molecular complexity index is 1110. The van der Waals surface area contributed by atoms with E-state index in [1.54, 1.807) is 23.1 Å². The van der Waals surface area contributed by atoms with Gasteiger partial charge in [-0.1, -0.05) is 0 Å². The predicted octanol–water partition coefficient (Wildman–Crippen LogP) is 3.25. The number of furan rings is 1. The van der Waals surface area contributed by atoms with Gasteiger partial charge in [0.1, 0.15) is 5.76 Å². The van der Waals surface area contributed by atoms with Crippen molar-refractivity contribution in [2.24, 2.45) is 0 Å². The molecule has 3 aromatic rings. The van der Waals surface area contributed by atoms with Gasteiger partial charge in [-0.3, -0.25) is 19.6 Å². The summed E-state index contributed by atoms with van der Waals surface area (Å²) in [6, 6.07) is 6.37. The summed E-state index contributed by atoms with van der Waals surface area (Å²) in [5.41, 5.74) is -2.91. The van der Waals surface area contributed by atoms with Crippen molar-refractivity contribution in [3.05, 3.63) is 76.0 Å². The highest BCUT2D eigenvalue weighted by molar-refractivity contribution is 5.95. The van der Waals surface area contributed by atoms with Crippen LogP contribution in [0, 0.1) is 10.1 Å². The molecule has 0 saturated heterocycles. The molecule has 10 nitrogen and oxygen atoms in total. The Labute approximate surface area is 171 Å². The van der Waals surface area contributed by atoms with Gasteiger partial charge in [0, 0.05) is 24.5 Å². The van der Waals surface area contributed by atoms with Crippen LogP contribution in [-0.2, 0) is 22.3 Å². The molecule has 0 aliphatic carbocycles. The molecule has 3 rings (SSSR count). The van der Waals surface area contributed by atoms with Crippen molar-refractivity contribution in [2.75, 3.05) is 11.9 Å². The number of benzene rings is 1. The number of nitrogens with zero attached hydrogens (tertiary/aromatic N) is 3. The van der Waals surface area contributed by atoms with E-state index in [0.717, 1.165) is 12.1 Å². The number of amides is 1. The molecule has 0 saturated carbocycles. The number of esters is 1. The van der Waals surface area contributed by atoms with E-state index in [0.29, 0.717) is 11.8 Å². The molecule has 1 amide bonds. The van der Waals surface area contributed by atoms with Crippen molar-refractivity contribution in [1.82, 2.24) is 9.78 Å². The van der Waals surface area contributed by atoms with Gasteiger partial charge in [-0.2, -0.15) is 18.3 Å². The number of non-ortho nitro benzene ring substituents is 1. The van der Waals surface area contributed by atoms with Gasteiger partial charge in [0.15, 0.2) is 6.61 Å². The first kappa shape index (κ1) is 21.5. The van der Waals surface area contributed by atoms with Crippen LogP contribution in [0.3, 0.4) is 0 Å². The third kappa shape index (κ3) is 5.46. The molecular formula is C18H13F3N4O6. The number of nitro benzene ring substituents is 1. The van der Waals surface area contributed by atoms with Gasteiger partial charge in [0.05, 0.1) is 22.7 Å². The van der Waals surface area contributed by atoms with Gasteiger partial charge in [-0.15, -0.1) is 0 Å². The first-order valence-corrected chi connectivity index (χ1v) is 8.52. The lowest BCUT2D eigenvalue weighted by Crippen LogP contribution is -2.22. The highest BCUT2D eigenvalue weighted by atomic mass is 19.4. The summed E-state index contributed by atoms with van der Waals surface area (Å²) >= 11 is 0. The molecule has 0 spiro atoms. The van der Waals surface area contributed by atoms with E-state index in [1.807, 2.05) is 5.32 Å². The highest BCUT2D eigenvalue weighted by Crippen LogP contribution is 2.37. The number of nitro groups is 1. The molecule has 0 radical (unpaired) electrons. The smallest absolute Gasteiger partial charge is 0.418 e. The van der Waals surface area contributed by atoms with Crippen molar-refractivity contribution in [2.45, 2.75) is 12.7 Å². The normalized spacial score (nSPS) is 11.2. The second kappa shape index (κ2) is 8.69. The summed E-state index contributed by atoms with van der Waals surface area (Å²) < 4.78 is 51.0. The number of carbonyl (C=O) groups excluding carboxylic acids is 2. The lowest BCUT2D eigenvalue weighted by Gasteiger charge is -2.13. The van der Waals surface area contributed by atoms with Gasteiger partial charge >= 0.3 is 12.1 Å². The lowest BCUT2D eigenvalue weighted by molar-refractivity contribution is -0.385. The van der Waals surface area contributed by atoms with Gasteiger partial charge in [-0.05, 0) is 24.3 Å². The first-order valence-electron chi connectivity index (χ1n) is 8.52. The SMILES string of the molecule is O=C(COC(=O)c1ccc(Cn2cccn2)o1)Nc1ccc([N+](=O)[O-])cc1C(F)(F)F. The van der Waals surface area contributed by atoms with E-state index in [4.69, 9.17) is 9.15 Å². The number of aromatic nitrogens is 2. The maximum Gasteiger partial charge on any atom is 0.418 e. The molecule has 2 heterocycles. The van der Waals surface area contributed by atoms with E-state index in [9.17, 15) is 32.9 Å².